The number of thiophene rings is 1. The fraction of sp³-hybridized carbons (Fsp3) is 0.692. The van der Waals surface area contributed by atoms with Gasteiger partial charge >= 0.3 is 0 Å². The van der Waals surface area contributed by atoms with E-state index in [9.17, 15) is 0 Å². The largest absolute Gasteiger partial charge is 0.316 e. The van der Waals surface area contributed by atoms with Crippen LogP contribution in [-0.2, 0) is 6.42 Å². The van der Waals surface area contributed by atoms with Gasteiger partial charge in [-0.1, -0.05) is 25.3 Å². The van der Waals surface area contributed by atoms with Crippen molar-refractivity contribution in [3.63, 3.8) is 0 Å². The molecule has 0 aromatic carbocycles. The highest BCUT2D eigenvalue weighted by molar-refractivity contribution is 7.09. The zero-order valence-corrected chi connectivity index (χ0v) is 10.4. The molecule has 0 bridgehead atoms. The first kappa shape index (κ1) is 11.2. The topological polar surface area (TPSA) is 12.0 Å². The molecule has 1 nitrogen and oxygen atoms in total. The van der Waals surface area contributed by atoms with Crippen molar-refractivity contribution in [3.8, 4) is 0 Å². The lowest BCUT2D eigenvalue weighted by Crippen LogP contribution is -2.36. The maximum Gasteiger partial charge on any atom is 0.0141 e. The first-order valence-electron chi connectivity index (χ1n) is 6.10. The lowest BCUT2D eigenvalue weighted by Gasteiger charge is -2.29. The van der Waals surface area contributed by atoms with Gasteiger partial charge in [0.05, 0.1) is 0 Å². The molecule has 2 heteroatoms. The maximum atomic E-state index is 3.52. The lowest BCUT2D eigenvalue weighted by atomic mass is 9.82. The molecular formula is C13H21NS. The van der Waals surface area contributed by atoms with Gasteiger partial charge in [0.25, 0.3) is 0 Å². The Labute approximate surface area is 96.9 Å². The van der Waals surface area contributed by atoms with Crippen LogP contribution in [0.25, 0.3) is 0 Å². The zero-order chi connectivity index (χ0) is 10.5. The van der Waals surface area contributed by atoms with Crippen LogP contribution in [0, 0.1) is 5.92 Å². The fourth-order valence-electron chi connectivity index (χ4n) is 2.69. The summed E-state index contributed by atoms with van der Waals surface area (Å²) >= 11 is 1.89. The summed E-state index contributed by atoms with van der Waals surface area (Å²) in [7, 11) is 2.12. The van der Waals surface area contributed by atoms with Gasteiger partial charge in [-0.3, -0.25) is 0 Å². The Bertz CT molecular complexity index is 262. The molecule has 1 heterocycles. The van der Waals surface area contributed by atoms with E-state index in [0.29, 0.717) is 6.04 Å². The molecule has 2 rings (SSSR count). The maximum absolute atomic E-state index is 3.52. The zero-order valence-electron chi connectivity index (χ0n) is 9.54. The molecular weight excluding hydrogens is 202 g/mol. The minimum atomic E-state index is 0.698. The van der Waals surface area contributed by atoms with Gasteiger partial charge < -0.3 is 5.32 Å². The molecule has 0 spiro atoms. The van der Waals surface area contributed by atoms with Crippen LogP contribution in [0.15, 0.2) is 17.5 Å². The number of hydrogen-bond acceptors (Lipinski definition) is 2. The van der Waals surface area contributed by atoms with Crippen molar-refractivity contribution in [2.24, 2.45) is 5.92 Å². The molecule has 1 atom stereocenters. The Morgan fingerprint density at radius 1 is 1.40 bits per heavy atom. The van der Waals surface area contributed by atoms with E-state index in [0.717, 1.165) is 5.92 Å². The van der Waals surface area contributed by atoms with Crippen molar-refractivity contribution in [1.29, 1.82) is 0 Å². The third-order valence-corrected chi connectivity index (χ3v) is 4.49. The monoisotopic (exact) mass is 223 g/mol. The van der Waals surface area contributed by atoms with E-state index in [1.54, 1.807) is 0 Å². The summed E-state index contributed by atoms with van der Waals surface area (Å²) in [5.74, 6) is 0.908. The van der Waals surface area contributed by atoms with Gasteiger partial charge in [-0.2, -0.15) is 0 Å². The van der Waals surface area contributed by atoms with E-state index < -0.39 is 0 Å². The van der Waals surface area contributed by atoms with Crippen molar-refractivity contribution >= 4 is 11.3 Å². The minimum absolute atomic E-state index is 0.698. The highest BCUT2D eigenvalue weighted by Crippen LogP contribution is 2.28. The van der Waals surface area contributed by atoms with Crippen LogP contribution in [0.3, 0.4) is 0 Å². The molecule has 0 saturated heterocycles. The highest BCUT2D eigenvalue weighted by atomic mass is 32.1. The molecule has 1 aliphatic carbocycles. The minimum Gasteiger partial charge on any atom is -0.316 e. The van der Waals surface area contributed by atoms with Crippen molar-refractivity contribution in [2.45, 2.75) is 44.6 Å². The average Bonchev–Trinajstić information content (AvgIpc) is 2.80. The van der Waals surface area contributed by atoms with Crippen LogP contribution in [0.5, 0.6) is 0 Å². The van der Waals surface area contributed by atoms with Crippen LogP contribution >= 0.6 is 11.3 Å². The first-order chi connectivity index (χ1) is 7.40. The molecule has 1 aromatic rings. The van der Waals surface area contributed by atoms with Crippen LogP contribution in [0.1, 0.15) is 37.0 Å². The van der Waals surface area contributed by atoms with Crippen LogP contribution in [0.2, 0.25) is 0 Å². The molecule has 1 fully saturated rings. The Morgan fingerprint density at radius 3 is 2.80 bits per heavy atom. The Kier molecular flexibility index (Phi) is 4.21. The van der Waals surface area contributed by atoms with Crippen molar-refractivity contribution < 1.29 is 0 Å². The van der Waals surface area contributed by atoms with E-state index in [-0.39, 0.29) is 0 Å². The third-order valence-electron chi connectivity index (χ3n) is 3.59. The van der Waals surface area contributed by atoms with Gasteiger partial charge in [-0.25, -0.2) is 0 Å². The van der Waals surface area contributed by atoms with Gasteiger partial charge in [0.1, 0.15) is 0 Å². The Morgan fingerprint density at radius 2 is 2.20 bits per heavy atom. The predicted octanol–water partition coefficient (Wildman–Crippen LogP) is 3.46. The summed E-state index contributed by atoms with van der Waals surface area (Å²) in [5, 5.41) is 5.70. The van der Waals surface area contributed by atoms with Crippen molar-refractivity contribution in [3.05, 3.63) is 22.4 Å². The van der Waals surface area contributed by atoms with Crippen molar-refractivity contribution in [2.75, 3.05) is 7.05 Å². The lowest BCUT2D eigenvalue weighted by molar-refractivity contribution is 0.277. The number of likely N-dealkylation sites (N-methyl/N-ethyl adjacent to an activating group) is 1. The quantitative estimate of drug-likeness (QED) is 0.824. The van der Waals surface area contributed by atoms with Gasteiger partial charge in [0.15, 0.2) is 0 Å². The van der Waals surface area contributed by atoms with Gasteiger partial charge in [0.2, 0.25) is 0 Å². The van der Waals surface area contributed by atoms with Crippen LogP contribution < -0.4 is 5.32 Å². The first-order valence-corrected chi connectivity index (χ1v) is 6.98. The van der Waals surface area contributed by atoms with Crippen LogP contribution in [-0.4, -0.2) is 13.1 Å². The summed E-state index contributed by atoms with van der Waals surface area (Å²) in [6, 6.07) is 5.12. The number of rotatable bonds is 4. The van der Waals surface area contributed by atoms with E-state index in [1.165, 1.54) is 43.4 Å². The van der Waals surface area contributed by atoms with Crippen LogP contribution in [0.4, 0.5) is 0 Å². The Hall–Kier alpha value is -0.340. The molecule has 84 valence electrons. The normalized spacial score (nSPS) is 20.3. The summed E-state index contributed by atoms with van der Waals surface area (Å²) < 4.78 is 0. The molecule has 1 aliphatic rings. The molecule has 0 radical (unpaired) electrons. The molecule has 0 aliphatic heterocycles. The molecule has 0 amide bonds. The molecule has 15 heavy (non-hydrogen) atoms. The second kappa shape index (κ2) is 5.66. The van der Waals surface area contributed by atoms with Crippen molar-refractivity contribution in [1.82, 2.24) is 5.32 Å². The summed E-state index contributed by atoms with van der Waals surface area (Å²) in [4.78, 5) is 1.53. The van der Waals surface area contributed by atoms with Gasteiger partial charge in [0, 0.05) is 10.9 Å². The van der Waals surface area contributed by atoms with Gasteiger partial charge in [-0.15, -0.1) is 11.3 Å². The summed E-state index contributed by atoms with van der Waals surface area (Å²) in [6.07, 6.45) is 8.40. The second-order valence-corrected chi connectivity index (χ2v) is 5.61. The fourth-order valence-corrected chi connectivity index (χ4v) is 3.45. The second-order valence-electron chi connectivity index (χ2n) is 4.58. The van der Waals surface area contributed by atoms with Gasteiger partial charge in [-0.05, 0) is 43.7 Å². The summed E-state index contributed by atoms with van der Waals surface area (Å²) in [6.45, 7) is 0. The Balaban J connectivity index is 1.91. The SMILES string of the molecule is CNC(Cc1cccs1)C1CCCCC1. The molecule has 1 N–H and O–H groups in total. The smallest absolute Gasteiger partial charge is 0.0141 e. The highest BCUT2D eigenvalue weighted by Gasteiger charge is 2.22. The van der Waals surface area contributed by atoms with E-state index in [2.05, 4.69) is 29.9 Å². The molecule has 1 saturated carbocycles. The molecule has 1 aromatic heterocycles. The van der Waals surface area contributed by atoms with E-state index in [1.807, 2.05) is 11.3 Å². The van der Waals surface area contributed by atoms with E-state index in [4.69, 9.17) is 0 Å². The van der Waals surface area contributed by atoms with E-state index >= 15 is 0 Å². The number of hydrogen-bond donors (Lipinski definition) is 1. The molecule has 1 unspecified atom stereocenters. The third kappa shape index (κ3) is 3.05. The average molecular weight is 223 g/mol. The standard InChI is InChI=1S/C13H21NS/c1-14-13(10-12-8-5-9-15-12)11-6-3-2-4-7-11/h5,8-9,11,13-14H,2-4,6-7,10H2,1H3. The summed E-state index contributed by atoms with van der Waals surface area (Å²) in [5.41, 5.74) is 0. The number of nitrogens with one attached hydrogen (secondary N) is 1. The predicted molar refractivity (Wildman–Crippen MR) is 67.4 cm³/mol.